The van der Waals surface area contributed by atoms with Crippen LogP contribution in [0.15, 0.2) is 30.8 Å². The summed E-state index contributed by atoms with van der Waals surface area (Å²) < 4.78 is 5.16. The summed E-state index contributed by atoms with van der Waals surface area (Å²) in [6, 6.07) is 8.98. The third kappa shape index (κ3) is 4.15. The van der Waals surface area contributed by atoms with Crippen molar-refractivity contribution in [2.45, 2.75) is 34.6 Å². The van der Waals surface area contributed by atoms with Gasteiger partial charge in [-0.3, -0.25) is 9.34 Å². The summed E-state index contributed by atoms with van der Waals surface area (Å²) in [6.07, 6.45) is 0. The lowest BCUT2D eigenvalue weighted by Crippen LogP contribution is -2.33. The molecule has 0 amide bonds. The molecule has 1 aromatic carbocycles. The Bertz CT molecular complexity index is 394. The summed E-state index contributed by atoms with van der Waals surface area (Å²) >= 11 is 0. The summed E-state index contributed by atoms with van der Waals surface area (Å²) in [5, 5.41) is 1.44. The van der Waals surface area contributed by atoms with Gasteiger partial charge in [0.1, 0.15) is 0 Å². The van der Waals surface area contributed by atoms with Gasteiger partial charge in [-0.25, -0.2) is 0 Å². The molecule has 0 aliphatic carbocycles. The number of allylic oxidation sites excluding steroid dienone is 1. The van der Waals surface area contributed by atoms with Gasteiger partial charge in [0.25, 0.3) is 0 Å². The highest BCUT2D eigenvalue weighted by Crippen LogP contribution is 2.42. The molecule has 0 saturated heterocycles. The number of hydrogen-bond donors (Lipinski definition) is 0. The van der Waals surface area contributed by atoms with Gasteiger partial charge in [0.2, 0.25) is 0 Å². The molecule has 0 atom stereocenters. The van der Waals surface area contributed by atoms with Gasteiger partial charge in [-0.05, 0) is 12.5 Å². The second-order valence-electron chi connectivity index (χ2n) is 4.89. The lowest BCUT2D eigenvalue weighted by molar-refractivity contribution is 0.430. The van der Waals surface area contributed by atoms with Crippen LogP contribution in [0.3, 0.4) is 0 Å². The first kappa shape index (κ1) is 17.4. The van der Waals surface area contributed by atoms with Crippen LogP contribution in [0.1, 0.15) is 40.2 Å². The molecule has 1 aromatic rings. The Morgan fingerprint density at radius 1 is 0.900 bits per heavy atom. The minimum Gasteiger partial charge on any atom is -0.267 e. The third-order valence-electron chi connectivity index (χ3n) is 3.59. The van der Waals surface area contributed by atoms with Crippen molar-refractivity contribution in [1.29, 1.82) is 0 Å². The normalized spacial score (nSPS) is 11.6. The molecule has 0 bridgehead atoms. The lowest BCUT2D eigenvalue weighted by atomic mass is 10.1. The number of benzene rings is 1. The predicted molar refractivity (Wildman–Crippen MR) is 93.5 cm³/mol. The van der Waals surface area contributed by atoms with Crippen molar-refractivity contribution < 1.29 is 0 Å². The van der Waals surface area contributed by atoms with E-state index in [0.717, 1.165) is 31.8 Å². The highest BCUT2D eigenvalue weighted by molar-refractivity contribution is 7.61. The van der Waals surface area contributed by atoms with Gasteiger partial charge >= 0.3 is 0 Å². The third-order valence-corrected chi connectivity index (χ3v) is 6.55. The minimum atomic E-state index is -0.378. The van der Waals surface area contributed by atoms with Gasteiger partial charge in [-0.2, -0.15) is 0 Å². The van der Waals surface area contributed by atoms with Crippen molar-refractivity contribution in [1.82, 2.24) is 9.34 Å². The van der Waals surface area contributed by atoms with E-state index in [1.54, 1.807) is 0 Å². The molecule has 0 spiro atoms. The smallest absolute Gasteiger partial charge is 0.0724 e. The average molecular weight is 292 g/mol. The number of hydrogen-bond acceptors (Lipinski definition) is 2. The Balaban J connectivity index is 3.11. The topological polar surface area (TPSA) is 6.48 Å². The predicted octanol–water partition coefficient (Wildman–Crippen LogP) is 4.34. The molecule has 2 nitrogen and oxygen atoms in total. The Morgan fingerprint density at radius 2 is 1.30 bits per heavy atom. The first-order valence-corrected chi connectivity index (χ1v) is 8.89. The summed E-state index contributed by atoms with van der Waals surface area (Å²) in [7, 11) is -0.378. The average Bonchev–Trinajstić information content (AvgIpc) is 2.48. The van der Waals surface area contributed by atoms with E-state index >= 15 is 0 Å². The Labute approximate surface area is 126 Å². The van der Waals surface area contributed by atoms with Crippen LogP contribution in [-0.4, -0.2) is 35.5 Å². The summed E-state index contributed by atoms with van der Waals surface area (Å²) in [5.74, 6) is 0. The largest absolute Gasteiger partial charge is 0.267 e. The lowest BCUT2D eigenvalue weighted by Gasteiger charge is -2.37. The van der Waals surface area contributed by atoms with E-state index in [2.05, 4.69) is 74.8 Å². The molecule has 20 heavy (non-hydrogen) atoms. The van der Waals surface area contributed by atoms with Crippen molar-refractivity contribution in [2.75, 3.05) is 26.2 Å². The van der Waals surface area contributed by atoms with Crippen molar-refractivity contribution in [2.24, 2.45) is 0 Å². The van der Waals surface area contributed by atoms with Crippen LogP contribution in [0.4, 0.5) is 0 Å². The molecule has 0 heterocycles. The van der Waals surface area contributed by atoms with Crippen LogP contribution in [0.5, 0.6) is 0 Å². The van der Waals surface area contributed by atoms with Gasteiger partial charge in [0.05, 0.1) is 8.22 Å². The van der Waals surface area contributed by atoms with Gasteiger partial charge in [0, 0.05) is 31.5 Å². The molecule has 0 N–H and O–H groups in total. The molecule has 0 saturated carbocycles. The van der Waals surface area contributed by atoms with Crippen LogP contribution in [0, 0.1) is 0 Å². The Kier molecular flexibility index (Phi) is 7.43. The molecule has 1 rings (SSSR count). The molecule has 0 fully saturated rings. The molecule has 0 aromatic heterocycles. The molecule has 0 aliphatic rings. The standard InChI is InChI=1S/C17H29N2P/c1-7-18(8-2)20(19(9-3)10-4)17-13-11-16(12-14-17)15(5)6/h11-14H,5,7-10H2,1-4,6H3. The minimum absolute atomic E-state index is 0.378. The van der Waals surface area contributed by atoms with Gasteiger partial charge in [-0.15, -0.1) is 0 Å². The van der Waals surface area contributed by atoms with Crippen molar-refractivity contribution in [3.8, 4) is 0 Å². The maximum atomic E-state index is 4.02. The second kappa shape index (κ2) is 8.56. The molecule has 112 valence electrons. The second-order valence-corrected chi connectivity index (χ2v) is 7.12. The van der Waals surface area contributed by atoms with E-state index in [9.17, 15) is 0 Å². The van der Waals surface area contributed by atoms with Gasteiger partial charge < -0.3 is 0 Å². The molecule has 0 unspecified atom stereocenters. The van der Waals surface area contributed by atoms with E-state index < -0.39 is 0 Å². The van der Waals surface area contributed by atoms with Crippen LogP contribution < -0.4 is 5.30 Å². The first-order valence-electron chi connectivity index (χ1n) is 7.64. The van der Waals surface area contributed by atoms with Crippen LogP contribution >= 0.6 is 8.22 Å². The van der Waals surface area contributed by atoms with Crippen molar-refractivity contribution in [3.63, 3.8) is 0 Å². The highest BCUT2D eigenvalue weighted by atomic mass is 31.1. The van der Waals surface area contributed by atoms with E-state index in [4.69, 9.17) is 0 Å². The van der Waals surface area contributed by atoms with Gasteiger partial charge in [-0.1, -0.05) is 64.1 Å². The Hall–Kier alpha value is -0.690. The maximum Gasteiger partial charge on any atom is 0.0724 e. The van der Waals surface area contributed by atoms with Crippen LogP contribution in [-0.2, 0) is 0 Å². The SMILES string of the molecule is C=C(C)c1ccc(P(N(CC)CC)N(CC)CC)cc1. The van der Waals surface area contributed by atoms with Crippen molar-refractivity contribution in [3.05, 3.63) is 36.4 Å². The Morgan fingerprint density at radius 3 is 1.60 bits per heavy atom. The van der Waals surface area contributed by atoms with E-state index in [1.807, 2.05) is 0 Å². The monoisotopic (exact) mass is 292 g/mol. The van der Waals surface area contributed by atoms with Crippen LogP contribution in [0.2, 0.25) is 0 Å². The quantitative estimate of drug-likeness (QED) is 0.658. The van der Waals surface area contributed by atoms with E-state index in [1.165, 1.54) is 10.9 Å². The molecular formula is C17H29N2P. The summed E-state index contributed by atoms with van der Waals surface area (Å²) in [6.45, 7) is 19.5. The van der Waals surface area contributed by atoms with Crippen molar-refractivity contribution >= 4 is 19.1 Å². The fourth-order valence-corrected chi connectivity index (χ4v) is 4.87. The number of nitrogens with zero attached hydrogens (tertiary/aromatic N) is 2. The van der Waals surface area contributed by atoms with Crippen LogP contribution in [0.25, 0.3) is 5.57 Å². The zero-order chi connectivity index (χ0) is 15.1. The molecule has 0 radical (unpaired) electrons. The molecule has 0 aliphatic heterocycles. The summed E-state index contributed by atoms with van der Waals surface area (Å²) in [4.78, 5) is 0. The molecule has 3 heteroatoms. The highest BCUT2D eigenvalue weighted by Gasteiger charge is 2.23. The first-order chi connectivity index (χ1) is 9.58. The summed E-state index contributed by atoms with van der Waals surface area (Å²) in [5.41, 5.74) is 2.37. The molecular weight excluding hydrogens is 263 g/mol. The maximum absolute atomic E-state index is 4.02. The fraction of sp³-hybridized carbons (Fsp3) is 0.529. The zero-order valence-electron chi connectivity index (χ0n) is 13.7. The fourth-order valence-electron chi connectivity index (χ4n) is 2.37. The zero-order valence-corrected chi connectivity index (χ0v) is 14.6. The van der Waals surface area contributed by atoms with E-state index in [0.29, 0.717) is 0 Å². The number of rotatable bonds is 8. The van der Waals surface area contributed by atoms with Gasteiger partial charge in [0.15, 0.2) is 0 Å². The van der Waals surface area contributed by atoms with E-state index in [-0.39, 0.29) is 8.22 Å².